The van der Waals surface area contributed by atoms with Crippen LogP contribution < -0.4 is 10.1 Å². The predicted octanol–water partition coefficient (Wildman–Crippen LogP) is 2.15. The highest BCUT2D eigenvalue weighted by atomic mass is 32.1. The molecule has 0 aromatic carbocycles. The second-order valence-corrected chi connectivity index (χ2v) is 5.64. The van der Waals surface area contributed by atoms with Gasteiger partial charge >= 0.3 is 12.1 Å². The number of carboxylic acid groups (broad SMARTS) is 1. The lowest BCUT2D eigenvalue weighted by molar-refractivity contribution is -0.154. The molecule has 2 N–H and O–H groups in total. The van der Waals surface area contributed by atoms with Gasteiger partial charge in [-0.2, -0.15) is 13.2 Å². The van der Waals surface area contributed by atoms with E-state index >= 15 is 0 Å². The maximum absolute atomic E-state index is 12.2. The van der Waals surface area contributed by atoms with E-state index in [0.29, 0.717) is 5.01 Å². The molecule has 0 aliphatic rings. The molecule has 0 atom stereocenters. The topological polar surface area (TPSA) is 101 Å². The van der Waals surface area contributed by atoms with Crippen molar-refractivity contribution in [2.24, 2.45) is 0 Å². The van der Waals surface area contributed by atoms with Gasteiger partial charge in [-0.25, -0.2) is 14.8 Å². The third-order valence-corrected chi connectivity index (χ3v) is 3.69. The van der Waals surface area contributed by atoms with Crippen LogP contribution in [0.3, 0.4) is 0 Å². The Bertz CT molecular complexity index is 764. The van der Waals surface area contributed by atoms with Crippen LogP contribution in [0.1, 0.15) is 25.9 Å². The molecule has 0 fully saturated rings. The number of pyridine rings is 1. The van der Waals surface area contributed by atoms with Gasteiger partial charge in [0.1, 0.15) is 5.56 Å². The molecule has 0 radical (unpaired) electrons. The van der Waals surface area contributed by atoms with Crippen molar-refractivity contribution in [3.8, 4) is 5.88 Å². The van der Waals surface area contributed by atoms with E-state index in [4.69, 9.17) is 5.11 Å². The molecule has 0 unspecified atom stereocenters. The monoisotopic (exact) mass is 375 g/mol. The van der Waals surface area contributed by atoms with E-state index in [0.717, 1.165) is 11.3 Å². The third-order valence-electron chi connectivity index (χ3n) is 2.78. The number of carbonyl (C=O) groups excluding carboxylic acids is 1. The molecule has 0 aliphatic heterocycles. The first-order valence-corrected chi connectivity index (χ1v) is 7.74. The lowest BCUT2D eigenvalue weighted by Gasteiger charge is -2.11. The molecule has 25 heavy (non-hydrogen) atoms. The minimum absolute atomic E-state index is 0.0820. The molecule has 0 spiro atoms. The fraction of sp³-hybridized carbons (Fsp3) is 0.286. The molecule has 2 aromatic heterocycles. The number of rotatable bonds is 7. The van der Waals surface area contributed by atoms with Crippen LogP contribution in [0.4, 0.5) is 13.2 Å². The normalized spacial score (nSPS) is 11.2. The zero-order valence-electron chi connectivity index (χ0n) is 12.5. The number of aromatic nitrogens is 2. The highest BCUT2D eigenvalue weighted by molar-refractivity contribution is 7.09. The van der Waals surface area contributed by atoms with Crippen LogP contribution >= 0.6 is 11.3 Å². The van der Waals surface area contributed by atoms with Crippen molar-refractivity contribution in [2.45, 2.75) is 12.6 Å². The summed E-state index contributed by atoms with van der Waals surface area (Å²) >= 11 is 1.13. The van der Waals surface area contributed by atoms with Gasteiger partial charge in [-0.05, 0) is 12.1 Å². The molecule has 0 saturated carbocycles. The van der Waals surface area contributed by atoms with E-state index in [1.807, 2.05) is 0 Å². The summed E-state index contributed by atoms with van der Waals surface area (Å²) < 4.78 is 41.2. The number of hydrogen-bond donors (Lipinski definition) is 2. The van der Waals surface area contributed by atoms with Crippen molar-refractivity contribution < 1.29 is 32.6 Å². The molecule has 0 bridgehead atoms. The van der Waals surface area contributed by atoms with Gasteiger partial charge in [0, 0.05) is 24.5 Å². The number of carboxylic acids is 1. The smallest absolute Gasteiger partial charge is 0.422 e. The summed E-state index contributed by atoms with van der Waals surface area (Å²) in [6.45, 7) is -1.43. The Labute approximate surface area is 143 Å². The molecular formula is C14H12F3N3O4S. The van der Waals surface area contributed by atoms with Crippen molar-refractivity contribution in [3.05, 3.63) is 40.0 Å². The van der Waals surface area contributed by atoms with E-state index in [9.17, 15) is 22.8 Å². The zero-order valence-corrected chi connectivity index (χ0v) is 13.4. The highest BCUT2D eigenvalue weighted by Crippen LogP contribution is 2.20. The Morgan fingerprint density at radius 2 is 2.12 bits per heavy atom. The second kappa shape index (κ2) is 7.92. The number of ether oxygens (including phenoxy) is 1. The van der Waals surface area contributed by atoms with Crippen LogP contribution in [0, 0.1) is 0 Å². The van der Waals surface area contributed by atoms with E-state index in [-0.39, 0.29) is 24.2 Å². The first kappa shape index (κ1) is 18.6. The number of nitrogens with one attached hydrogen (secondary N) is 1. The summed E-state index contributed by atoms with van der Waals surface area (Å²) in [5.41, 5.74) is -0.210. The van der Waals surface area contributed by atoms with Gasteiger partial charge in [-0.15, -0.1) is 11.3 Å². The molecule has 7 nitrogen and oxygen atoms in total. The lowest BCUT2D eigenvalue weighted by atomic mass is 10.2. The molecule has 2 rings (SSSR count). The maximum Gasteiger partial charge on any atom is 0.422 e. The minimum Gasteiger partial charge on any atom is -0.476 e. The minimum atomic E-state index is -4.54. The van der Waals surface area contributed by atoms with Crippen LogP contribution in [0.5, 0.6) is 5.88 Å². The summed E-state index contributed by atoms with van der Waals surface area (Å²) in [5, 5.41) is 13.2. The largest absolute Gasteiger partial charge is 0.476 e. The zero-order chi connectivity index (χ0) is 18.4. The molecule has 2 aromatic rings. The standard InChI is InChI=1S/C14H12F3N3O4S/c15-14(16,17)7-24-12-8(2-1-4-19-12)11(21)18-5-3-10-20-9(6-25-10)13(22)23/h1-2,4,6H,3,5,7H2,(H,18,21)(H,22,23). The van der Waals surface area contributed by atoms with Gasteiger partial charge in [0.2, 0.25) is 5.88 Å². The number of halogens is 3. The van der Waals surface area contributed by atoms with E-state index in [1.54, 1.807) is 0 Å². The molecular weight excluding hydrogens is 363 g/mol. The first-order valence-electron chi connectivity index (χ1n) is 6.87. The summed E-state index contributed by atoms with van der Waals surface area (Å²) in [6.07, 6.45) is -3.05. The third kappa shape index (κ3) is 5.71. The Morgan fingerprint density at radius 1 is 1.36 bits per heavy atom. The molecule has 2 heterocycles. The van der Waals surface area contributed by atoms with Crippen molar-refractivity contribution >= 4 is 23.2 Å². The number of carbonyl (C=O) groups is 2. The number of thiazole rings is 1. The van der Waals surface area contributed by atoms with Crippen LogP contribution in [-0.4, -0.2) is 46.3 Å². The molecule has 0 aliphatic carbocycles. The van der Waals surface area contributed by atoms with Gasteiger partial charge < -0.3 is 15.2 Å². The van der Waals surface area contributed by atoms with Crippen LogP contribution in [0.15, 0.2) is 23.7 Å². The summed E-state index contributed by atoms with van der Waals surface area (Å²) in [5.74, 6) is -2.21. The van der Waals surface area contributed by atoms with Crippen molar-refractivity contribution in [2.75, 3.05) is 13.2 Å². The quantitative estimate of drug-likeness (QED) is 0.769. The Hall–Kier alpha value is -2.69. The molecule has 1 amide bonds. The Kier molecular flexibility index (Phi) is 5.91. The SMILES string of the molecule is O=C(O)c1csc(CCNC(=O)c2cccnc2OCC(F)(F)F)n1. The van der Waals surface area contributed by atoms with Crippen LogP contribution in [-0.2, 0) is 6.42 Å². The summed E-state index contributed by atoms with van der Waals surface area (Å²) in [7, 11) is 0. The number of alkyl halides is 3. The summed E-state index contributed by atoms with van der Waals surface area (Å²) in [4.78, 5) is 30.3. The number of aromatic carboxylic acids is 1. The van der Waals surface area contributed by atoms with Gasteiger partial charge in [0.15, 0.2) is 12.3 Å². The highest BCUT2D eigenvalue weighted by Gasteiger charge is 2.29. The Morgan fingerprint density at radius 3 is 2.76 bits per heavy atom. The fourth-order valence-corrected chi connectivity index (χ4v) is 2.50. The summed E-state index contributed by atoms with van der Waals surface area (Å²) in [6, 6.07) is 2.69. The first-order chi connectivity index (χ1) is 11.8. The average Bonchev–Trinajstić information content (AvgIpc) is 3.01. The molecule has 134 valence electrons. The fourth-order valence-electron chi connectivity index (χ4n) is 1.73. The average molecular weight is 375 g/mol. The maximum atomic E-state index is 12.2. The van der Waals surface area contributed by atoms with E-state index in [1.165, 1.54) is 23.7 Å². The lowest BCUT2D eigenvalue weighted by Crippen LogP contribution is -2.27. The van der Waals surface area contributed by atoms with E-state index < -0.39 is 30.5 Å². The Balaban J connectivity index is 1.93. The van der Waals surface area contributed by atoms with Crippen LogP contribution in [0.2, 0.25) is 0 Å². The number of hydrogen-bond acceptors (Lipinski definition) is 6. The van der Waals surface area contributed by atoms with Gasteiger partial charge in [-0.1, -0.05) is 0 Å². The number of nitrogens with zero attached hydrogens (tertiary/aromatic N) is 2. The van der Waals surface area contributed by atoms with Crippen molar-refractivity contribution in [1.82, 2.24) is 15.3 Å². The second-order valence-electron chi connectivity index (χ2n) is 4.70. The molecule has 0 saturated heterocycles. The van der Waals surface area contributed by atoms with Crippen molar-refractivity contribution in [1.29, 1.82) is 0 Å². The van der Waals surface area contributed by atoms with Crippen molar-refractivity contribution in [3.63, 3.8) is 0 Å². The molecule has 11 heteroatoms. The van der Waals surface area contributed by atoms with E-state index in [2.05, 4.69) is 20.0 Å². The van der Waals surface area contributed by atoms with Gasteiger partial charge in [0.25, 0.3) is 5.91 Å². The van der Waals surface area contributed by atoms with Gasteiger partial charge in [0.05, 0.1) is 5.01 Å². The predicted molar refractivity (Wildman–Crippen MR) is 80.9 cm³/mol. The number of amides is 1. The van der Waals surface area contributed by atoms with Gasteiger partial charge in [-0.3, -0.25) is 4.79 Å². The van der Waals surface area contributed by atoms with Crippen LogP contribution in [0.25, 0.3) is 0 Å².